The van der Waals surface area contributed by atoms with Crippen LogP contribution in [0.2, 0.25) is 0 Å². The number of halogens is 3. The molecule has 0 atom stereocenters. The van der Waals surface area contributed by atoms with Gasteiger partial charge >= 0.3 is 6.18 Å². The molecule has 0 aromatic carbocycles. The number of hydrogen-bond acceptors (Lipinski definition) is 6. The summed E-state index contributed by atoms with van der Waals surface area (Å²) in [6.45, 7) is 2.71. The average molecular weight is 308 g/mol. The predicted molar refractivity (Wildman–Crippen MR) is 72.4 cm³/mol. The summed E-state index contributed by atoms with van der Waals surface area (Å²) in [5.41, 5.74) is -1.02. The number of aliphatic hydroxyl groups is 1. The lowest BCUT2D eigenvalue weighted by Crippen LogP contribution is -2.31. The minimum atomic E-state index is -4.56. The van der Waals surface area contributed by atoms with Crippen molar-refractivity contribution in [1.29, 1.82) is 0 Å². The van der Waals surface area contributed by atoms with Crippen LogP contribution in [0.1, 0.15) is 12.6 Å². The van der Waals surface area contributed by atoms with Gasteiger partial charge in [-0.25, -0.2) is 4.98 Å². The van der Waals surface area contributed by atoms with Gasteiger partial charge in [-0.3, -0.25) is 0 Å². The van der Waals surface area contributed by atoms with Crippen molar-refractivity contribution in [1.82, 2.24) is 9.97 Å². The van der Waals surface area contributed by atoms with E-state index in [4.69, 9.17) is 9.84 Å². The Balaban J connectivity index is 3.14. The minimum Gasteiger partial charge on any atom is -0.395 e. The first-order valence-electron chi connectivity index (χ1n) is 6.47. The third kappa shape index (κ3) is 5.35. The molecule has 0 bridgehead atoms. The number of aromatic nitrogens is 2. The van der Waals surface area contributed by atoms with Crippen LogP contribution in [-0.4, -0.2) is 55.0 Å². The Morgan fingerprint density at radius 1 is 1.33 bits per heavy atom. The lowest BCUT2D eigenvalue weighted by molar-refractivity contribution is -0.141. The highest BCUT2D eigenvalue weighted by molar-refractivity contribution is 5.45. The zero-order valence-electron chi connectivity index (χ0n) is 11.9. The molecule has 1 aromatic rings. The summed E-state index contributed by atoms with van der Waals surface area (Å²) in [6.07, 6.45) is -4.56. The van der Waals surface area contributed by atoms with E-state index in [1.807, 2.05) is 0 Å². The second-order valence-electron chi connectivity index (χ2n) is 4.17. The highest BCUT2D eigenvalue weighted by Crippen LogP contribution is 2.30. The van der Waals surface area contributed by atoms with Crippen molar-refractivity contribution in [3.8, 4) is 0 Å². The Morgan fingerprint density at radius 2 is 2.05 bits per heavy atom. The quantitative estimate of drug-likeness (QED) is 0.756. The third-order valence-corrected chi connectivity index (χ3v) is 2.60. The van der Waals surface area contributed by atoms with E-state index in [1.165, 1.54) is 12.0 Å². The Kier molecular flexibility index (Phi) is 6.63. The summed E-state index contributed by atoms with van der Waals surface area (Å²) >= 11 is 0. The van der Waals surface area contributed by atoms with E-state index in [0.717, 1.165) is 6.07 Å². The Labute approximate surface area is 121 Å². The number of aliphatic hydroxyl groups excluding tert-OH is 1. The lowest BCUT2D eigenvalue weighted by atomic mass is 10.3. The van der Waals surface area contributed by atoms with Crippen molar-refractivity contribution in [2.75, 3.05) is 50.2 Å². The maximum atomic E-state index is 12.9. The van der Waals surface area contributed by atoms with E-state index in [0.29, 0.717) is 19.7 Å². The molecule has 0 spiro atoms. The standard InChI is InChI=1S/C12H19F3N4O2/c1-3-16-11-17-9(12(13,14)15)8-10(18-11)19(4-6-20)5-7-21-2/h8,20H,3-7H2,1-2H3,(H,16,17,18). The van der Waals surface area contributed by atoms with Crippen LogP contribution in [0.5, 0.6) is 0 Å². The molecule has 0 fully saturated rings. The molecule has 21 heavy (non-hydrogen) atoms. The first-order valence-corrected chi connectivity index (χ1v) is 6.47. The number of rotatable bonds is 8. The second kappa shape index (κ2) is 7.99. The van der Waals surface area contributed by atoms with Gasteiger partial charge in [0, 0.05) is 32.8 Å². The summed E-state index contributed by atoms with van der Waals surface area (Å²) in [4.78, 5) is 9.01. The molecule has 0 unspecified atom stereocenters. The number of hydrogen-bond donors (Lipinski definition) is 2. The van der Waals surface area contributed by atoms with Crippen LogP contribution in [0.4, 0.5) is 24.9 Å². The van der Waals surface area contributed by atoms with E-state index in [9.17, 15) is 13.2 Å². The van der Waals surface area contributed by atoms with Gasteiger partial charge in [0.2, 0.25) is 5.95 Å². The molecule has 0 aliphatic rings. The molecule has 1 heterocycles. The highest BCUT2D eigenvalue weighted by atomic mass is 19.4. The molecule has 120 valence electrons. The van der Waals surface area contributed by atoms with Gasteiger partial charge in [0.25, 0.3) is 0 Å². The van der Waals surface area contributed by atoms with Crippen LogP contribution in [0.15, 0.2) is 6.07 Å². The molecule has 0 saturated carbocycles. The van der Waals surface area contributed by atoms with Crippen molar-refractivity contribution < 1.29 is 23.0 Å². The maximum absolute atomic E-state index is 12.9. The number of nitrogens with one attached hydrogen (secondary N) is 1. The smallest absolute Gasteiger partial charge is 0.395 e. The number of methoxy groups -OCH3 is 1. The van der Waals surface area contributed by atoms with Crippen LogP contribution in [0.3, 0.4) is 0 Å². The fourth-order valence-corrected chi connectivity index (χ4v) is 1.64. The van der Waals surface area contributed by atoms with Gasteiger partial charge in [-0.2, -0.15) is 18.2 Å². The molecule has 0 radical (unpaired) electrons. The van der Waals surface area contributed by atoms with E-state index in [1.54, 1.807) is 6.92 Å². The van der Waals surface area contributed by atoms with Crippen LogP contribution >= 0.6 is 0 Å². The fourth-order valence-electron chi connectivity index (χ4n) is 1.64. The van der Waals surface area contributed by atoms with Gasteiger partial charge in [0.1, 0.15) is 5.82 Å². The molecule has 6 nitrogen and oxygen atoms in total. The summed E-state index contributed by atoms with van der Waals surface area (Å²) < 4.78 is 43.5. The van der Waals surface area contributed by atoms with Crippen LogP contribution in [0.25, 0.3) is 0 Å². The van der Waals surface area contributed by atoms with E-state index in [-0.39, 0.29) is 24.9 Å². The van der Waals surface area contributed by atoms with Gasteiger partial charge in [-0.1, -0.05) is 0 Å². The molecule has 2 N–H and O–H groups in total. The predicted octanol–water partition coefficient (Wildman–Crippen LogP) is 1.37. The molecular weight excluding hydrogens is 289 g/mol. The van der Waals surface area contributed by atoms with Crippen LogP contribution in [-0.2, 0) is 10.9 Å². The van der Waals surface area contributed by atoms with E-state index < -0.39 is 11.9 Å². The first-order chi connectivity index (χ1) is 9.92. The molecule has 0 amide bonds. The van der Waals surface area contributed by atoms with E-state index >= 15 is 0 Å². The van der Waals surface area contributed by atoms with Crippen molar-refractivity contribution in [2.45, 2.75) is 13.1 Å². The van der Waals surface area contributed by atoms with Gasteiger partial charge in [0.15, 0.2) is 5.69 Å². The number of anilines is 2. The molecular formula is C12H19F3N4O2. The average Bonchev–Trinajstić information content (AvgIpc) is 2.42. The molecule has 9 heteroatoms. The Morgan fingerprint density at radius 3 is 2.57 bits per heavy atom. The van der Waals surface area contributed by atoms with Gasteiger partial charge < -0.3 is 20.1 Å². The topological polar surface area (TPSA) is 70.5 Å². The van der Waals surface area contributed by atoms with Crippen molar-refractivity contribution >= 4 is 11.8 Å². The Hall–Kier alpha value is -1.61. The molecule has 1 aromatic heterocycles. The normalized spacial score (nSPS) is 11.5. The SMILES string of the molecule is CCNc1nc(N(CCO)CCOC)cc(C(F)(F)F)n1. The van der Waals surface area contributed by atoms with Crippen molar-refractivity contribution in [3.63, 3.8) is 0 Å². The molecule has 1 rings (SSSR count). The maximum Gasteiger partial charge on any atom is 0.433 e. The second-order valence-corrected chi connectivity index (χ2v) is 4.17. The number of alkyl halides is 3. The molecule has 0 saturated heterocycles. The van der Waals surface area contributed by atoms with Gasteiger partial charge in [-0.05, 0) is 6.92 Å². The number of nitrogens with zero attached hydrogens (tertiary/aromatic N) is 3. The zero-order chi connectivity index (χ0) is 15.9. The monoisotopic (exact) mass is 308 g/mol. The molecule has 0 aliphatic heterocycles. The van der Waals surface area contributed by atoms with Gasteiger partial charge in [0.05, 0.1) is 13.2 Å². The fraction of sp³-hybridized carbons (Fsp3) is 0.667. The summed E-state index contributed by atoms with van der Waals surface area (Å²) in [5.74, 6) is 0.00190. The lowest BCUT2D eigenvalue weighted by Gasteiger charge is -2.23. The van der Waals surface area contributed by atoms with Crippen molar-refractivity contribution in [2.24, 2.45) is 0 Å². The molecule has 0 aliphatic carbocycles. The minimum absolute atomic E-state index is 0.0947. The van der Waals surface area contributed by atoms with Gasteiger partial charge in [-0.15, -0.1) is 0 Å². The third-order valence-electron chi connectivity index (χ3n) is 2.60. The summed E-state index contributed by atoms with van der Waals surface area (Å²) in [7, 11) is 1.49. The largest absolute Gasteiger partial charge is 0.433 e. The zero-order valence-corrected chi connectivity index (χ0v) is 11.9. The van der Waals surface area contributed by atoms with E-state index in [2.05, 4.69) is 15.3 Å². The summed E-state index contributed by atoms with van der Waals surface area (Å²) in [6, 6.07) is 0.867. The van der Waals surface area contributed by atoms with Crippen LogP contribution < -0.4 is 10.2 Å². The van der Waals surface area contributed by atoms with Crippen LogP contribution in [0, 0.1) is 0 Å². The highest BCUT2D eigenvalue weighted by Gasteiger charge is 2.34. The Bertz CT molecular complexity index is 443. The van der Waals surface area contributed by atoms with Crippen molar-refractivity contribution in [3.05, 3.63) is 11.8 Å². The number of ether oxygens (including phenoxy) is 1. The first kappa shape index (κ1) is 17.4. The summed E-state index contributed by atoms with van der Waals surface area (Å²) in [5, 5.41) is 11.7.